The molecule has 0 N–H and O–H groups in total. The van der Waals surface area contributed by atoms with Gasteiger partial charge in [0.2, 0.25) is 5.76 Å². The average molecular weight is 396 g/mol. The lowest BCUT2D eigenvalue weighted by atomic mass is 10.0. The first kappa shape index (κ1) is 18.5. The number of methoxy groups -OCH3 is 1. The zero-order valence-corrected chi connectivity index (χ0v) is 15.2. The van der Waals surface area contributed by atoms with Gasteiger partial charge in [-0.2, -0.15) is 5.10 Å². The summed E-state index contributed by atoms with van der Waals surface area (Å²) in [5, 5.41) is 5.22. The molecule has 2 aromatic heterocycles. The minimum Gasteiger partial charge on any atom is -0.463 e. The Labute approximate surface area is 163 Å². The highest BCUT2D eigenvalue weighted by molar-refractivity contribution is 5.93. The SMILES string of the molecule is COC(=O)c1ccc(Cn2nc(-c3ccc(F)c(F)c3)c3ccccc3c2=O)o1. The van der Waals surface area contributed by atoms with Gasteiger partial charge in [0, 0.05) is 10.9 Å². The Morgan fingerprint density at radius 2 is 1.83 bits per heavy atom. The van der Waals surface area contributed by atoms with Crippen molar-refractivity contribution in [1.29, 1.82) is 0 Å². The number of esters is 1. The second-order valence-electron chi connectivity index (χ2n) is 6.24. The smallest absolute Gasteiger partial charge is 0.373 e. The van der Waals surface area contributed by atoms with Crippen molar-refractivity contribution in [3.8, 4) is 11.3 Å². The second kappa shape index (κ2) is 7.31. The van der Waals surface area contributed by atoms with E-state index in [0.29, 0.717) is 27.8 Å². The maximum absolute atomic E-state index is 13.8. The third-order valence-electron chi connectivity index (χ3n) is 4.41. The molecule has 0 radical (unpaired) electrons. The highest BCUT2D eigenvalue weighted by Gasteiger charge is 2.16. The zero-order chi connectivity index (χ0) is 20.5. The molecule has 0 atom stereocenters. The number of furan rings is 1. The Morgan fingerprint density at radius 3 is 2.55 bits per heavy atom. The van der Waals surface area contributed by atoms with Crippen LogP contribution in [0.5, 0.6) is 0 Å². The molecule has 0 amide bonds. The van der Waals surface area contributed by atoms with Crippen LogP contribution in [0.2, 0.25) is 0 Å². The number of benzene rings is 2. The van der Waals surface area contributed by atoms with Crippen LogP contribution in [0.15, 0.2) is 63.8 Å². The van der Waals surface area contributed by atoms with Crippen molar-refractivity contribution in [2.45, 2.75) is 6.54 Å². The summed E-state index contributed by atoms with van der Waals surface area (Å²) in [7, 11) is 1.23. The molecule has 29 heavy (non-hydrogen) atoms. The van der Waals surface area contributed by atoms with Crippen molar-refractivity contribution in [2.24, 2.45) is 0 Å². The van der Waals surface area contributed by atoms with Gasteiger partial charge in [-0.05, 0) is 36.4 Å². The summed E-state index contributed by atoms with van der Waals surface area (Å²) < 4.78 is 38.3. The highest BCUT2D eigenvalue weighted by atomic mass is 19.2. The van der Waals surface area contributed by atoms with E-state index in [1.165, 1.54) is 25.3 Å². The van der Waals surface area contributed by atoms with E-state index in [1.54, 1.807) is 24.3 Å². The van der Waals surface area contributed by atoms with E-state index in [1.807, 2.05) is 0 Å². The van der Waals surface area contributed by atoms with Crippen LogP contribution in [0.25, 0.3) is 22.0 Å². The molecule has 0 spiro atoms. The Kier molecular flexibility index (Phi) is 4.67. The maximum Gasteiger partial charge on any atom is 0.373 e. The number of carbonyl (C=O) groups excluding carboxylic acids is 1. The molecule has 0 aliphatic rings. The van der Waals surface area contributed by atoms with Crippen LogP contribution >= 0.6 is 0 Å². The maximum atomic E-state index is 13.8. The lowest BCUT2D eigenvalue weighted by Gasteiger charge is -2.11. The first-order valence-electron chi connectivity index (χ1n) is 8.60. The lowest BCUT2D eigenvalue weighted by molar-refractivity contribution is 0.0562. The summed E-state index contributed by atoms with van der Waals surface area (Å²) in [6, 6.07) is 13.1. The third-order valence-corrected chi connectivity index (χ3v) is 4.41. The van der Waals surface area contributed by atoms with Gasteiger partial charge in [0.1, 0.15) is 12.3 Å². The van der Waals surface area contributed by atoms with Crippen LogP contribution in [0.4, 0.5) is 8.78 Å². The molecule has 0 saturated carbocycles. The van der Waals surface area contributed by atoms with Gasteiger partial charge in [0.05, 0.1) is 18.2 Å². The molecule has 0 aliphatic carbocycles. The molecule has 2 aromatic carbocycles. The number of carbonyl (C=O) groups is 1. The van der Waals surface area contributed by atoms with Crippen molar-refractivity contribution in [3.05, 3.63) is 88.1 Å². The summed E-state index contributed by atoms with van der Waals surface area (Å²) in [4.78, 5) is 24.4. The quantitative estimate of drug-likeness (QED) is 0.491. The fourth-order valence-electron chi connectivity index (χ4n) is 3.02. The van der Waals surface area contributed by atoms with Gasteiger partial charge in [-0.25, -0.2) is 18.3 Å². The number of fused-ring (bicyclic) bond motifs is 1. The van der Waals surface area contributed by atoms with Crippen LogP contribution in [-0.2, 0) is 11.3 Å². The third kappa shape index (κ3) is 3.40. The molecule has 8 heteroatoms. The molecule has 0 saturated heterocycles. The number of rotatable bonds is 4. The molecule has 0 aliphatic heterocycles. The van der Waals surface area contributed by atoms with E-state index in [9.17, 15) is 18.4 Å². The molecular formula is C21H14F2N2O4. The lowest BCUT2D eigenvalue weighted by Crippen LogP contribution is -2.24. The minimum atomic E-state index is -1.01. The van der Waals surface area contributed by atoms with Crippen molar-refractivity contribution >= 4 is 16.7 Å². The highest BCUT2D eigenvalue weighted by Crippen LogP contribution is 2.26. The van der Waals surface area contributed by atoms with Gasteiger partial charge in [-0.3, -0.25) is 4.79 Å². The Morgan fingerprint density at radius 1 is 1.07 bits per heavy atom. The summed E-state index contributed by atoms with van der Waals surface area (Å²) in [5.41, 5.74) is 0.255. The van der Waals surface area contributed by atoms with Crippen LogP contribution in [-0.4, -0.2) is 22.9 Å². The van der Waals surface area contributed by atoms with Crippen LogP contribution in [0.1, 0.15) is 16.3 Å². The summed E-state index contributed by atoms with van der Waals surface area (Å²) in [6.45, 7) is -0.0582. The number of halogens is 2. The predicted molar refractivity (Wildman–Crippen MR) is 101 cm³/mol. The van der Waals surface area contributed by atoms with Crippen molar-refractivity contribution in [3.63, 3.8) is 0 Å². The van der Waals surface area contributed by atoms with E-state index >= 15 is 0 Å². The second-order valence-corrected chi connectivity index (χ2v) is 6.24. The van der Waals surface area contributed by atoms with E-state index in [4.69, 9.17) is 4.42 Å². The molecule has 0 bridgehead atoms. The Balaban J connectivity index is 1.85. The predicted octanol–water partition coefficient (Wildman–Crippen LogP) is 3.77. The van der Waals surface area contributed by atoms with Gasteiger partial charge < -0.3 is 9.15 Å². The van der Waals surface area contributed by atoms with Crippen LogP contribution < -0.4 is 5.56 Å². The number of ether oxygens (including phenoxy) is 1. The number of hydrogen-bond acceptors (Lipinski definition) is 5. The molecule has 146 valence electrons. The monoisotopic (exact) mass is 396 g/mol. The first-order valence-corrected chi connectivity index (χ1v) is 8.60. The minimum absolute atomic E-state index is 0.00262. The summed E-state index contributed by atoms with van der Waals surface area (Å²) >= 11 is 0. The van der Waals surface area contributed by atoms with E-state index in [0.717, 1.165) is 16.8 Å². The van der Waals surface area contributed by atoms with E-state index in [-0.39, 0.29) is 17.9 Å². The largest absolute Gasteiger partial charge is 0.463 e. The van der Waals surface area contributed by atoms with Crippen molar-refractivity contribution in [2.75, 3.05) is 7.11 Å². The molecule has 4 rings (SSSR count). The van der Waals surface area contributed by atoms with E-state index in [2.05, 4.69) is 9.84 Å². The van der Waals surface area contributed by atoms with Crippen molar-refractivity contribution < 1.29 is 22.7 Å². The number of nitrogens with zero attached hydrogens (tertiary/aromatic N) is 2. The zero-order valence-electron chi connectivity index (χ0n) is 15.2. The van der Waals surface area contributed by atoms with E-state index < -0.39 is 17.6 Å². The van der Waals surface area contributed by atoms with Gasteiger partial charge in [-0.1, -0.05) is 18.2 Å². The Bertz CT molecular complexity index is 1290. The van der Waals surface area contributed by atoms with Crippen LogP contribution in [0, 0.1) is 11.6 Å². The average Bonchev–Trinajstić information content (AvgIpc) is 3.20. The molecule has 0 unspecified atom stereocenters. The fraction of sp³-hybridized carbons (Fsp3) is 0.0952. The van der Waals surface area contributed by atoms with Gasteiger partial charge >= 0.3 is 5.97 Å². The standard InChI is InChI=1S/C21H14F2N2O4/c1-28-21(27)18-9-7-13(29-18)11-25-20(26)15-5-3-2-4-14(15)19(24-25)12-6-8-16(22)17(23)10-12/h2-10H,11H2,1H3. The van der Waals surface area contributed by atoms with Crippen molar-refractivity contribution in [1.82, 2.24) is 9.78 Å². The molecule has 6 nitrogen and oxygen atoms in total. The summed E-state index contributed by atoms with van der Waals surface area (Å²) in [6.07, 6.45) is 0. The molecular weight excluding hydrogens is 382 g/mol. The fourth-order valence-corrected chi connectivity index (χ4v) is 3.02. The van der Waals surface area contributed by atoms with Gasteiger partial charge in [0.15, 0.2) is 11.6 Å². The van der Waals surface area contributed by atoms with Crippen LogP contribution in [0.3, 0.4) is 0 Å². The molecule has 4 aromatic rings. The molecule has 0 fully saturated rings. The first-order chi connectivity index (χ1) is 14.0. The number of aromatic nitrogens is 2. The number of hydrogen-bond donors (Lipinski definition) is 0. The topological polar surface area (TPSA) is 74.3 Å². The van der Waals surface area contributed by atoms with Gasteiger partial charge in [-0.15, -0.1) is 0 Å². The summed E-state index contributed by atoms with van der Waals surface area (Å²) in [5.74, 6) is -2.32. The van der Waals surface area contributed by atoms with Gasteiger partial charge in [0.25, 0.3) is 5.56 Å². The normalized spacial score (nSPS) is 11.0. The Hall–Kier alpha value is -3.81. The molecule has 2 heterocycles.